The molecule has 0 radical (unpaired) electrons. The summed E-state index contributed by atoms with van der Waals surface area (Å²) >= 11 is 0. The van der Waals surface area contributed by atoms with Gasteiger partial charge in [0.15, 0.2) is 0 Å². The summed E-state index contributed by atoms with van der Waals surface area (Å²) in [7, 11) is 1.68. The van der Waals surface area contributed by atoms with E-state index in [0.29, 0.717) is 6.54 Å². The van der Waals surface area contributed by atoms with Crippen LogP contribution in [0.3, 0.4) is 0 Å². The van der Waals surface area contributed by atoms with Crippen LogP contribution < -0.4 is 10.1 Å². The first-order chi connectivity index (χ1) is 10.3. The Morgan fingerprint density at radius 2 is 2.14 bits per heavy atom. The van der Waals surface area contributed by atoms with Crippen LogP contribution in [-0.4, -0.2) is 43.3 Å². The van der Waals surface area contributed by atoms with E-state index in [2.05, 4.69) is 17.4 Å². The van der Waals surface area contributed by atoms with Crippen LogP contribution in [-0.2, 0) is 10.2 Å². The van der Waals surface area contributed by atoms with E-state index >= 15 is 0 Å². The van der Waals surface area contributed by atoms with Crippen molar-refractivity contribution in [1.29, 1.82) is 0 Å². The van der Waals surface area contributed by atoms with E-state index in [1.54, 1.807) is 7.11 Å². The van der Waals surface area contributed by atoms with Crippen LogP contribution in [0.4, 0.5) is 10.5 Å². The van der Waals surface area contributed by atoms with Gasteiger partial charge in [0.05, 0.1) is 7.11 Å². The fraction of sp³-hybridized carbons (Fsp3) is 0.588. The summed E-state index contributed by atoms with van der Waals surface area (Å²) in [5, 5.41) is 3.46. The van der Waals surface area contributed by atoms with Crippen molar-refractivity contribution in [3.8, 4) is 5.75 Å². The molecule has 5 heteroatoms. The van der Waals surface area contributed by atoms with E-state index in [0.717, 1.165) is 30.9 Å². The maximum absolute atomic E-state index is 12.3. The first kappa shape index (κ1) is 15.0. The van der Waals surface area contributed by atoms with E-state index in [1.165, 1.54) is 5.56 Å². The number of fused-ring (bicyclic) bond motifs is 2. The van der Waals surface area contributed by atoms with Crippen molar-refractivity contribution in [2.75, 3.05) is 32.1 Å². The highest BCUT2D eigenvalue weighted by atomic mass is 16.6. The number of methoxy groups -OCH3 is 1. The molecule has 22 heavy (non-hydrogen) atoms. The van der Waals surface area contributed by atoms with Gasteiger partial charge in [0, 0.05) is 30.7 Å². The van der Waals surface area contributed by atoms with Crippen molar-refractivity contribution in [1.82, 2.24) is 4.90 Å². The Balaban J connectivity index is 1.80. The molecule has 1 fully saturated rings. The maximum Gasteiger partial charge on any atom is 0.410 e. The van der Waals surface area contributed by atoms with Gasteiger partial charge in [0.25, 0.3) is 0 Å². The zero-order valence-corrected chi connectivity index (χ0v) is 13.7. The molecule has 2 aliphatic heterocycles. The number of benzene rings is 1. The number of anilines is 1. The first-order valence-electron chi connectivity index (χ1n) is 7.73. The van der Waals surface area contributed by atoms with E-state index in [4.69, 9.17) is 9.47 Å². The second-order valence-corrected chi connectivity index (χ2v) is 7.20. The van der Waals surface area contributed by atoms with E-state index in [-0.39, 0.29) is 11.5 Å². The van der Waals surface area contributed by atoms with Crippen molar-refractivity contribution < 1.29 is 14.3 Å². The Morgan fingerprint density at radius 3 is 2.82 bits per heavy atom. The average Bonchev–Trinajstić information content (AvgIpc) is 3.03. The van der Waals surface area contributed by atoms with Gasteiger partial charge in [-0.3, -0.25) is 0 Å². The molecule has 120 valence electrons. The Kier molecular flexibility index (Phi) is 3.46. The van der Waals surface area contributed by atoms with Crippen LogP contribution in [0.1, 0.15) is 32.8 Å². The predicted molar refractivity (Wildman–Crippen MR) is 85.6 cm³/mol. The molecule has 0 aliphatic carbocycles. The molecule has 5 nitrogen and oxygen atoms in total. The Morgan fingerprint density at radius 1 is 1.36 bits per heavy atom. The molecule has 1 aromatic carbocycles. The van der Waals surface area contributed by atoms with Gasteiger partial charge in [-0.25, -0.2) is 4.79 Å². The van der Waals surface area contributed by atoms with Crippen LogP contribution in [0.15, 0.2) is 18.2 Å². The number of amides is 1. The molecule has 3 rings (SSSR count). The Hall–Kier alpha value is -1.91. The summed E-state index contributed by atoms with van der Waals surface area (Å²) in [5.41, 5.74) is 1.91. The highest BCUT2D eigenvalue weighted by molar-refractivity contribution is 5.70. The third kappa shape index (κ3) is 2.60. The van der Waals surface area contributed by atoms with Crippen LogP contribution in [0.25, 0.3) is 0 Å². The SMILES string of the molecule is COc1ccc2c(c1)C1(CCN(C(=O)OC(C)(C)C)C1)CN2. The normalized spacial score (nSPS) is 23.4. The topological polar surface area (TPSA) is 50.8 Å². The predicted octanol–water partition coefficient (Wildman–Crippen LogP) is 3.00. The summed E-state index contributed by atoms with van der Waals surface area (Å²) in [6.45, 7) is 7.97. The number of carbonyl (C=O) groups excluding carboxylic acids is 1. The molecule has 0 aromatic heterocycles. The van der Waals surface area contributed by atoms with Crippen LogP contribution >= 0.6 is 0 Å². The average molecular weight is 304 g/mol. The quantitative estimate of drug-likeness (QED) is 0.866. The molecular formula is C17H24N2O3. The molecule has 0 bridgehead atoms. The van der Waals surface area contributed by atoms with Crippen molar-refractivity contribution in [3.63, 3.8) is 0 Å². The molecule has 1 atom stereocenters. The number of likely N-dealkylation sites (tertiary alicyclic amines) is 1. The Labute approximate surface area is 131 Å². The summed E-state index contributed by atoms with van der Waals surface area (Å²) in [5.74, 6) is 0.859. The maximum atomic E-state index is 12.3. The largest absolute Gasteiger partial charge is 0.497 e. The van der Waals surface area contributed by atoms with Gasteiger partial charge < -0.3 is 19.7 Å². The molecule has 2 aliphatic rings. The summed E-state index contributed by atoms with van der Waals surface area (Å²) in [6.07, 6.45) is 0.722. The number of hydrogen-bond acceptors (Lipinski definition) is 4. The molecule has 1 N–H and O–H groups in total. The summed E-state index contributed by atoms with van der Waals surface area (Å²) in [6, 6.07) is 6.11. The van der Waals surface area contributed by atoms with Gasteiger partial charge in [-0.15, -0.1) is 0 Å². The second kappa shape index (κ2) is 5.07. The van der Waals surface area contributed by atoms with Crippen LogP contribution in [0.5, 0.6) is 5.75 Å². The van der Waals surface area contributed by atoms with E-state index in [1.807, 2.05) is 31.7 Å². The molecule has 1 unspecified atom stereocenters. The molecule has 1 spiro atoms. The fourth-order valence-electron chi connectivity index (χ4n) is 3.32. The van der Waals surface area contributed by atoms with Crippen molar-refractivity contribution in [2.24, 2.45) is 0 Å². The minimum Gasteiger partial charge on any atom is -0.497 e. The smallest absolute Gasteiger partial charge is 0.410 e. The molecule has 1 amide bonds. The standard InChI is InChI=1S/C17H24N2O3/c1-16(2,3)22-15(20)19-8-7-17(11-19)10-18-14-6-5-12(21-4)9-13(14)17/h5-6,9,18H,7-8,10-11H2,1-4H3. The third-order valence-corrected chi connectivity index (χ3v) is 4.42. The zero-order chi connectivity index (χ0) is 16.0. The van der Waals surface area contributed by atoms with Crippen LogP contribution in [0, 0.1) is 0 Å². The summed E-state index contributed by atoms with van der Waals surface area (Å²) in [4.78, 5) is 14.1. The lowest BCUT2D eigenvalue weighted by Gasteiger charge is -2.27. The lowest BCUT2D eigenvalue weighted by atomic mass is 9.81. The monoisotopic (exact) mass is 304 g/mol. The van der Waals surface area contributed by atoms with Crippen LogP contribution in [0.2, 0.25) is 0 Å². The third-order valence-electron chi connectivity index (χ3n) is 4.42. The van der Waals surface area contributed by atoms with E-state index in [9.17, 15) is 4.79 Å². The zero-order valence-electron chi connectivity index (χ0n) is 13.7. The molecule has 1 aromatic rings. The number of hydrogen-bond donors (Lipinski definition) is 1. The first-order valence-corrected chi connectivity index (χ1v) is 7.73. The number of nitrogens with one attached hydrogen (secondary N) is 1. The van der Waals surface area contributed by atoms with Gasteiger partial charge in [-0.2, -0.15) is 0 Å². The lowest BCUT2D eigenvalue weighted by Crippen LogP contribution is -2.38. The lowest BCUT2D eigenvalue weighted by molar-refractivity contribution is 0.0285. The highest BCUT2D eigenvalue weighted by Crippen LogP contribution is 2.44. The van der Waals surface area contributed by atoms with Gasteiger partial charge in [-0.05, 0) is 51.0 Å². The number of carbonyl (C=O) groups is 1. The molecule has 0 saturated carbocycles. The van der Waals surface area contributed by atoms with Gasteiger partial charge in [0.1, 0.15) is 11.4 Å². The van der Waals surface area contributed by atoms with Crippen molar-refractivity contribution in [2.45, 2.75) is 38.2 Å². The van der Waals surface area contributed by atoms with Gasteiger partial charge in [-0.1, -0.05) is 0 Å². The number of rotatable bonds is 1. The number of nitrogens with zero attached hydrogens (tertiary/aromatic N) is 1. The van der Waals surface area contributed by atoms with Crippen molar-refractivity contribution >= 4 is 11.8 Å². The van der Waals surface area contributed by atoms with Gasteiger partial charge >= 0.3 is 6.09 Å². The minimum atomic E-state index is -0.456. The number of ether oxygens (including phenoxy) is 2. The molecular weight excluding hydrogens is 280 g/mol. The highest BCUT2D eigenvalue weighted by Gasteiger charge is 2.46. The fourth-order valence-corrected chi connectivity index (χ4v) is 3.32. The van der Waals surface area contributed by atoms with Crippen molar-refractivity contribution in [3.05, 3.63) is 23.8 Å². The minimum absolute atomic E-state index is 0.0270. The molecule has 1 saturated heterocycles. The Bertz CT molecular complexity index is 594. The summed E-state index contributed by atoms with van der Waals surface area (Å²) < 4.78 is 10.8. The van der Waals surface area contributed by atoms with Gasteiger partial charge in [0.2, 0.25) is 0 Å². The van der Waals surface area contributed by atoms with E-state index < -0.39 is 5.60 Å². The molecule has 2 heterocycles. The second-order valence-electron chi connectivity index (χ2n) is 7.20.